The van der Waals surface area contributed by atoms with Crippen LogP contribution in [0.5, 0.6) is 0 Å². The summed E-state index contributed by atoms with van der Waals surface area (Å²) >= 11 is 1.15. The first-order valence-corrected chi connectivity index (χ1v) is 38.0. The van der Waals surface area contributed by atoms with Crippen molar-refractivity contribution < 1.29 is 95.2 Å². The second-order valence-electron chi connectivity index (χ2n) is 24.4. The summed E-state index contributed by atoms with van der Waals surface area (Å²) in [5.74, 6) is 1.35. The van der Waals surface area contributed by atoms with Crippen molar-refractivity contribution in [3.63, 3.8) is 0 Å². The minimum atomic E-state index is -5.91. The fourth-order valence-corrected chi connectivity index (χ4v) is 13.3. The number of ether oxygens (including phenoxy) is 1. The Morgan fingerprint density at radius 2 is 1.21 bits per heavy atom. The quantitative estimate of drug-likeness (QED) is 0.0341. The van der Waals surface area contributed by atoms with Gasteiger partial charge in [0, 0.05) is 37.1 Å². The molecule has 1 saturated heterocycles. The van der Waals surface area contributed by atoms with Crippen LogP contribution in [0.1, 0.15) is 188 Å². The molecule has 0 spiro atoms. The molecule has 10 N–H and O–H groups in total. The number of aliphatic hydroxyl groups is 2. The number of rotatable bonds is 42. The van der Waals surface area contributed by atoms with Crippen molar-refractivity contribution in [3.8, 4) is 0 Å². The molecule has 0 bridgehead atoms. The van der Waals surface area contributed by atoms with Crippen LogP contribution in [0, 0.1) is 29.1 Å². The Morgan fingerprint density at radius 1 is 0.733 bits per heavy atom. The zero-order valence-electron chi connectivity index (χ0n) is 57.2. The normalized spacial score (nSPS) is 19.3. The van der Waals surface area contributed by atoms with Gasteiger partial charge in [-0.05, 0) is 86.0 Å². The molecule has 90 heavy (non-hydrogen) atoms. The number of nitrogens with zero attached hydrogens (tertiary/aromatic N) is 4. The Balaban J connectivity index is 0.00000320. The number of anilines is 1. The van der Waals surface area contributed by atoms with E-state index in [9.17, 15) is 57.9 Å². The van der Waals surface area contributed by atoms with Gasteiger partial charge >= 0.3 is 0 Å². The standard InChI is InChI=1S/C41H74N7O17P3S.3C6H15N/c1-26(2)11-8-12-27(3)13-9-14-28(4)15-10-16-29(5)21-32(50)69-20-19-43-31(49)17-18-44-39(53)36(52)41(6,7)23-62-68(59,60)65-67(57,58)61-22-30-35(64-66(54,55)56)34(51)40(63-30)48-25-47-33-37(42)45-24-46-38(33)48;3*1-4-7(5-2)6-3/h24-30,34-36,40,51-52H,8-23H2,1-7H3,(H,43,49)(H,44,53)(H,57,58)(H,59,60)(H2,42,45,46)(H2,54,55,56);3*4-6H2,1-3H3/t27?,28?,29?,30?,34?,35?,36-,40?;;;/m0.../s1. The molecule has 3 heterocycles. The molecule has 0 saturated carbocycles. The number of phosphoric ester groups is 3. The number of amides is 2. The Labute approximate surface area is 542 Å². The molecule has 2 aromatic heterocycles. The van der Waals surface area contributed by atoms with E-state index in [0.29, 0.717) is 18.1 Å². The van der Waals surface area contributed by atoms with Crippen LogP contribution in [0.15, 0.2) is 12.7 Å². The maximum absolute atomic E-state index is 12.7. The summed E-state index contributed by atoms with van der Waals surface area (Å²) in [7, 11) is -17.3. The Bertz CT molecular complexity index is 2380. The van der Waals surface area contributed by atoms with Gasteiger partial charge in [0.15, 0.2) is 22.8 Å². The van der Waals surface area contributed by atoms with Crippen molar-refractivity contribution in [2.45, 2.75) is 212 Å². The molecular weight excluding hydrogens is 1250 g/mol. The molecule has 2 amide bonds. The topological polar surface area (TPSA) is 385 Å². The third kappa shape index (κ3) is 37.5. The SMILES string of the molecule is CC(C)CCCC(C)CCCC(C)CCCC(C)CC(=O)SCCNC(=O)CCNC(=O)[C@H](O)C(C)(C)COP(=O)([O-])OP(=O)([O-])OCC1OC(n2cnc3c(N)ncnc32)C(O)C1OP(=O)([O-])O.CC[NH+](CC)CC.CC[NH+](CC)CC.CC[NH+](CC)CC. The summed E-state index contributed by atoms with van der Waals surface area (Å²) in [6, 6.07) is 0. The predicted octanol–water partition coefficient (Wildman–Crippen LogP) is 3.03. The van der Waals surface area contributed by atoms with Gasteiger partial charge < -0.3 is 79.2 Å². The van der Waals surface area contributed by atoms with Crippen LogP contribution in [-0.2, 0) is 50.7 Å². The lowest BCUT2D eigenvalue weighted by Gasteiger charge is -2.35. The third-order valence-corrected chi connectivity index (χ3v) is 19.9. The first-order chi connectivity index (χ1) is 42.1. The van der Waals surface area contributed by atoms with Crippen molar-refractivity contribution >= 4 is 69.1 Å². The molecule has 0 aliphatic carbocycles. The summed E-state index contributed by atoms with van der Waals surface area (Å²) in [4.78, 5) is 100. The van der Waals surface area contributed by atoms with Crippen molar-refractivity contribution in [3.05, 3.63) is 12.7 Å². The number of aromatic nitrogens is 4. The van der Waals surface area contributed by atoms with E-state index in [1.165, 1.54) is 111 Å². The molecule has 27 nitrogen and oxygen atoms in total. The van der Waals surface area contributed by atoms with Crippen LogP contribution in [0.3, 0.4) is 0 Å². The van der Waals surface area contributed by atoms with Gasteiger partial charge in [0.2, 0.25) is 11.8 Å². The Morgan fingerprint density at radius 3 is 1.68 bits per heavy atom. The van der Waals surface area contributed by atoms with Crippen molar-refractivity contribution in [2.24, 2.45) is 29.1 Å². The van der Waals surface area contributed by atoms with Crippen LogP contribution in [0.4, 0.5) is 5.82 Å². The maximum Gasteiger partial charge on any atom is 0.274 e. The summed E-state index contributed by atoms with van der Waals surface area (Å²) < 4.78 is 61.2. The van der Waals surface area contributed by atoms with Crippen molar-refractivity contribution in [1.29, 1.82) is 0 Å². The Hall–Kier alpha value is -2.56. The number of nitrogens with one attached hydrogen (secondary N) is 5. The fourth-order valence-electron chi connectivity index (χ4n) is 9.77. The molecule has 0 aromatic carbocycles. The molecule has 1 aliphatic heterocycles. The van der Waals surface area contributed by atoms with Crippen LogP contribution in [0.25, 0.3) is 11.2 Å². The number of nitrogen functional groups attached to an aromatic ring is 1. The van der Waals surface area contributed by atoms with E-state index < -0.39 is 84.6 Å². The number of imidazole rings is 1. The molecule has 528 valence electrons. The summed E-state index contributed by atoms with van der Waals surface area (Å²) in [6.07, 6.45) is 4.00. The highest BCUT2D eigenvalue weighted by Gasteiger charge is 2.48. The number of aliphatic hydroxyl groups excluding tert-OH is 2. The molecule has 31 heteroatoms. The van der Waals surface area contributed by atoms with Crippen LogP contribution < -0.4 is 45.7 Å². The van der Waals surface area contributed by atoms with Crippen molar-refractivity contribution in [2.75, 3.05) is 96.7 Å². The van der Waals surface area contributed by atoms with E-state index in [2.05, 4.69) is 140 Å². The van der Waals surface area contributed by atoms with E-state index >= 15 is 0 Å². The third-order valence-electron chi connectivity index (χ3n) is 16.0. The lowest BCUT2D eigenvalue weighted by Crippen LogP contribution is -3.11. The van der Waals surface area contributed by atoms with Gasteiger partial charge in [-0.1, -0.05) is 118 Å². The number of thioether (sulfide) groups is 1. The number of phosphoric acid groups is 3. The monoisotopic (exact) mass is 1360 g/mol. The van der Waals surface area contributed by atoms with Gasteiger partial charge in [-0.2, -0.15) is 0 Å². The minimum absolute atomic E-state index is 0.00307. The van der Waals surface area contributed by atoms with Crippen LogP contribution >= 0.6 is 35.2 Å². The molecule has 1 aliphatic rings. The van der Waals surface area contributed by atoms with Gasteiger partial charge in [0.25, 0.3) is 23.5 Å². The van der Waals surface area contributed by atoms with Gasteiger partial charge in [-0.3, -0.25) is 32.6 Å². The van der Waals surface area contributed by atoms with Gasteiger partial charge in [-0.25, -0.2) is 19.3 Å². The lowest BCUT2D eigenvalue weighted by atomic mass is 9.87. The zero-order chi connectivity index (χ0) is 68.8. The average molecular weight is 1370 g/mol. The van der Waals surface area contributed by atoms with Crippen LogP contribution in [-0.4, -0.2) is 167 Å². The number of nitrogens with two attached hydrogens (primary N) is 1. The number of carbonyl (C=O) groups is 3. The molecule has 1 fully saturated rings. The number of carbonyl (C=O) groups excluding carboxylic acids is 3. The maximum atomic E-state index is 12.7. The van der Waals surface area contributed by atoms with Crippen LogP contribution in [0.2, 0.25) is 0 Å². The van der Waals surface area contributed by atoms with E-state index in [1.54, 1.807) is 14.7 Å². The van der Waals surface area contributed by atoms with E-state index in [1.807, 2.05) is 0 Å². The number of hydrogen-bond acceptors (Lipinski definition) is 21. The minimum Gasteiger partial charge on any atom is -0.756 e. The fraction of sp³-hybridized carbons (Fsp3) is 0.864. The molecule has 11 atom stereocenters. The molecule has 10 unspecified atom stereocenters. The summed E-state index contributed by atoms with van der Waals surface area (Å²) in [5, 5.41) is 26.6. The van der Waals surface area contributed by atoms with Gasteiger partial charge in [0.05, 0.1) is 78.4 Å². The highest BCUT2D eigenvalue weighted by molar-refractivity contribution is 8.13. The lowest BCUT2D eigenvalue weighted by molar-refractivity contribution is -0.894. The van der Waals surface area contributed by atoms with E-state index in [0.717, 1.165) is 60.1 Å². The summed E-state index contributed by atoms with van der Waals surface area (Å²) in [5.41, 5.74) is 4.14. The van der Waals surface area contributed by atoms with Gasteiger partial charge in [-0.15, -0.1) is 0 Å². The zero-order valence-corrected chi connectivity index (χ0v) is 60.7. The Kier molecular flexibility index (Phi) is 45.2. The second kappa shape index (κ2) is 46.5. The summed E-state index contributed by atoms with van der Waals surface area (Å²) in [6.45, 7) is 43.0. The number of quaternary nitrogens is 3. The number of hydrogen-bond donors (Lipinski definition) is 9. The van der Waals surface area contributed by atoms with E-state index in [4.69, 9.17) is 10.5 Å². The highest BCUT2D eigenvalue weighted by Crippen LogP contribution is 2.56. The molecule has 3 rings (SSSR count). The van der Waals surface area contributed by atoms with Gasteiger partial charge in [0.1, 0.15) is 36.3 Å². The second-order valence-corrected chi connectivity index (χ2v) is 29.6. The average Bonchev–Trinajstić information content (AvgIpc) is 1.67. The smallest absolute Gasteiger partial charge is 0.274 e. The predicted molar refractivity (Wildman–Crippen MR) is 347 cm³/mol. The number of fused-ring (bicyclic) bond motifs is 1. The van der Waals surface area contributed by atoms with E-state index in [-0.39, 0.29) is 47.5 Å². The first-order valence-electron chi connectivity index (χ1n) is 32.6. The largest absolute Gasteiger partial charge is 0.756 e. The first kappa shape index (κ1) is 87.4. The molecular formula is C59H119N10O17P3S. The molecule has 2 aromatic rings. The highest BCUT2D eigenvalue weighted by atomic mass is 32.2. The molecule has 0 radical (unpaired) electrons. The van der Waals surface area contributed by atoms with Crippen molar-refractivity contribution in [1.82, 2.24) is 30.2 Å².